The van der Waals surface area contributed by atoms with Gasteiger partial charge in [0.2, 0.25) is 5.91 Å². The second-order valence-electron chi connectivity index (χ2n) is 7.72. The molecule has 30 heavy (non-hydrogen) atoms. The van der Waals surface area contributed by atoms with E-state index >= 15 is 0 Å². The van der Waals surface area contributed by atoms with Gasteiger partial charge < -0.3 is 10.2 Å². The molecule has 0 bridgehead atoms. The van der Waals surface area contributed by atoms with Gasteiger partial charge in [0.25, 0.3) is 0 Å². The Labute approximate surface area is 181 Å². The predicted molar refractivity (Wildman–Crippen MR) is 127 cm³/mol. The molecule has 0 atom stereocenters. The van der Waals surface area contributed by atoms with Crippen molar-refractivity contribution in [2.75, 3.05) is 23.3 Å². The Morgan fingerprint density at radius 2 is 1.27 bits per heavy atom. The summed E-state index contributed by atoms with van der Waals surface area (Å²) in [6.07, 6.45) is 3.61. The summed E-state index contributed by atoms with van der Waals surface area (Å²) < 4.78 is 0. The zero-order chi connectivity index (χ0) is 22.0. The topological polar surface area (TPSA) is 57.1 Å². The predicted octanol–water partition coefficient (Wildman–Crippen LogP) is 7.49. The summed E-state index contributed by atoms with van der Waals surface area (Å²) in [5.74, 6) is 0.0724. The van der Waals surface area contributed by atoms with Crippen molar-refractivity contribution in [3.8, 4) is 0 Å². The first kappa shape index (κ1) is 23.6. The smallest absolute Gasteiger partial charge is 0.224 e. The Kier molecular flexibility index (Phi) is 9.03. The average Bonchev–Trinajstić information content (AvgIpc) is 2.79. The van der Waals surface area contributed by atoms with E-state index in [4.69, 9.17) is 0 Å². The van der Waals surface area contributed by atoms with Gasteiger partial charge in [-0.05, 0) is 87.1 Å². The third kappa shape index (κ3) is 6.41. The lowest BCUT2D eigenvalue weighted by Crippen LogP contribution is -2.26. The second-order valence-corrected chi connectivity index (χ2v) is 7.72. The minimum Gasteiger partial charge on any atom is -0.372 e. The maximum atomic E-state index is 12.5. The number of anilines is 2. The summed E-state index contributed by atoms with van der Waals surface area (Å²) in [7, 11) is 0. The number of hydrogen-bond acceptors (Lipinski definition) is 4. The van der Waals surface area contributed by atoms with Gasteiger partial charge in [0.1, 0.15) is 0 Å². The van der Waals surface area contributed by atoms with Crippen LogP contribution in [0.5, 0.6) is 0 Å². The molecule has 5 heteroatoms. The van der Waals surface area contributed by atoms with Crippen molar-refractivity contribution in [2.24, 2.45) is 15.6 Å². The Morgan fingerprint density at radius 3 is 1.70 bits per heavy atom. The van der Waals surface area contributed by atoms with E-state index in [1.165, 1.54) is 5.69 Å². The van der Waals surface area contributed by atoms with E-state index in [-0.39, 0.29) is 11.3 Å². The molecule has 1 N–H and O–H groups in total. The standard InChI is InChI=1S/C25H36N4O/c1-6-25(7-2,8-3)19-24(30)26-20-11-13-21(14-12-20)27-28-22-15-17-23(18-16-22)29(9-4)10-5/h11-18H,6-10,19H2,1-5H3,(H,26,30). The van der Waals surface area contributed by atoms with Crippen molar-refractivity contribution >= 4 is 28.7 Å². The Hall–Kier alpha value is -2.69. The maximum absolute atomic E-state index is 12.5. The molecule has 0 saturated heterocycles. The molecule has 2 aromatic rings. The fraction of sp³-hybridized carbons (Fsp3) is 0.480. The van der Waals surface area contributed by atoms with E-state index in [9.17, 15) is 4.79 Å². The largest absolute Gasteiger partial charge is 0.372 e. The van der Waals surface area contributed by atoms with Crippen LogP contribution in [0, 0.1) is 5.41 Å². The van der Waals surface area contributed by atoms with Gasteiger partial charge in [-0.25, -0.2) is 0 Å². The lowest BCUT2D eigenvalue weighted by molar-refractivity contribution is -0.118. The highest BCUT2D eigenvalue weighted by Gasteiger charge is 2.27. The van der Waals surface area contributed by atoms with Gasteiger partial charge in [0.05, 0.1) is 11.4 Å². The van der Waals surface area contributed by atoms with Crippen LogP contribution in [0.15, 0.2) is 58.8 Å². The van der Waals surface area contributed by atoms with Gasteiger partial charge in [-0.15, -0.1) is 0 Å². The molecule has 1 amide bonds. The zero-order valence-electron chi connectivity index (χ0n) is 19.1. The molecule has 0 spiro atoms. The molecule has 0 aliphatic rings. The number of amides is 1. The molecule has 0 radical (unpaired) electrons. The quantitative estimate of drug-likeness (QED) is 0.391. The third-order valence-electron chi connectivity index (χ3n) is 6.20. The van der Waals surface area contributed by atoms with E-state index in [0.29, 0.717) is 6.42 Å². The van der Waals surface area contributed by atoms with Crippen molar-refractivity contribution in [1.82, 2.24) is 0 Å². The van der Waals surface area contributed by atoms with Gasteiger partial charge in [0.15, 0.2) is 0 Å². The normalized spacial score (nSPS) is 11.6. The minimum absolute atomic E-state index is 0.0724. The van der Waals surface area contributed by atoms with Crippen molar-refractivity contribution in [2.45, 2.75) is 60.3 Å². The number of carbonyl (C=O) groups is 1. The van der Waals surface area contributed by atoms with Crippen LogP contribution in [0.3, 0.4) is 0 Å². The monoisotopic (exact) mass is 408 g/mol. The van der Waals surface area contributed by atoms with E-state index in [0.717, 1.165) is 49.4 Å². The van der Waals surface area contributed by atoms with Crippen LogP contribution < -0.4 is 10.2 Å². The number of hydrogen-bond donors (Lipinski definition) is 1. The third-order valence-corrected chi connectivity index (χ3v) is 6.20. The molecule has 162 valence electrons. The van der Waals surface area contributed by atoms with E-state index < -0.39 is 0 Å². The molecule has 0 aromatic heterocycles. The summed E-state index contributed by atoms with van der Waals surface area (Å²) in [6, 6.07) is 15.6. The van der Waals surface area contributed by atoms with Crippen LogP contribution in [0.4, 0.5) is 22.7 Å². The van der Waals surface area contributed by atoms with Crippen LogP contribution >= 0.6 is 0 Å². The molecule has 0 heterocycles. The molecule has 0 saturated carbocycles. The molecular formula is C25H36N4O. The fourth-order valence-electron chi connectivity index (χ4n) is 3.72. The van der Waals surface area contributed by atoms with Gasteiger partial charge in [0, 0.05) is 30.9 Å². The van der Waals surface area contributed by atoms with Crippen LogP contribution in [-0.4, -0.2) is 19.0 Å². The molecule has 5 nitrogen and oxygen atoms in total. The van der Waals surface area contributed by atoms with E-state index in [2.05, 4.69) is 67.2 Å². The van der Waals surface area contributed by atoms with E-state index in [1.54, 1.807) is 0 Å². The van der Waals surface area contributed by atoms with Crippen molar-refractivity contribution in [3.63, 3.8) is 0 Å². The van der Waals surface area contributed by atoms with Gasteiger partial charge in [-0.2, -0.15) is 10.2 Å². The molecular weight excluding hydrogens is 372 g/mol. The molecule has 0 aliphatic heterocycles. The zero-order valence-corrected chi connectivity index (χ0v) is 19.1. The lowest BCUT2D eigenvalue weighted by atomic mass is 9.77. The first-order chi connectivity index (χ1) is 14.5. The van der Waals surface area contributed by atoms with Crippen LogP contribution in [0.1, 0.15) is 60.3 Å². The van der Waals surface area contributed by atoms with Crippen molar-refractivity contribution < 1.29 is 4.79 Å². The van der Waals surface area contributed by atoms with Crippen LogP contribution in [-0.2, 0) is 4.79 Å². The Balaban J connectivity index is 1.96. The van der Waals surface area contributed by atoms with E-state index in [1.807, 2.05) is 36.4 Å². The summed E-state index contributed by atoms with van der Waals surface area (Å²) in [6.45, 7) is 12.8. The lowest BCUT2D eigenvalue weighted by Gasteiger charge is -2.29. The number of nitrogens with one attached hydrogen (secondary N) is 1. The fourth-order valence-corrected chi connectivity index (χ4v) is 3.72. The number of nitrogens with zero attached hydrogens (tertiary/aromatic N) is 3. The molecule has 0 unspecified atom stereocenters. The van der Waals surface area contributed by atoms with Gasteiger partial charge in [-0.1, -0.05) is 20.8 Å². The summed E-state index contributed by atoms with van der Waals surface area (Å²) in [4.78, 5) is 14.8. The first-order valence-corrected chi connectivity index (χ1v) is 11.2. The molecule has 0 aliphatic carbocycles. The number of carbonyl (C=O) groups excluding carboxylic acids is 1. The minimum atomic E-state index is 0.0724. The highest BCUT2D eigenvalue weighted by atomic mass is 16.1. The van der Waals surface area contributed by atoms with Crippen molar-refractivity contribution in [3.05, 3.63) is 48.5 Å². The molecule has 2 aromatic carbocycles. The first-order valence-electron chi connectivity index (χ1n) is 11.2. The SMILES string of the molecule is CCN(CC)c1ccc(N=Nc2ccc(NC(=O)CC(CC)(CC)CC)cc2)cc1. The highest BCUT2D eigenvalue weighted by Crippen LogP contribution is 2.34. The maximum Gasteiger partial charge on any atom is 0.224 e. The number of azo groups is 1. The Morgan fingerprint density at radius 1 is 0.800 bits per heavy atom. The van der Waals surface area contributed by atoms with Crippen LogP contribution in [0.2, 0.25) is 0 Å². The van der Waals surface area contributed by atoms with Crippen LogP contribution in [0.25, 0.3) is 0 Å². The summed E-state index contributed by atoms with van der Waals surface area (Å²) in [5, 5.41) is 11.6. The van der Waals surface area contributed by atoms with Gasteiger partial charge >= 0.3 is 0 Å². The summed E-state index contributed by atoms with van der Waals surface area (Å²) in [5.41, 5.74) is 3.65. The number of benzene rings is 2. The molecule has 2 rings (SSSR count). The van der Waals surface area contributed by atoms with Gasteiger partial charge in [-0.3, -0.25) is 4.79 Å². The summed E-state index contributed by atoms with van der Waals surface area (Å²) >= 11 is 0. The molecule has 0 fully saturated rings. The average molecular weight is 409 g/mol. The second kappa shape index (κ2) is 11.5. The highest BCUT2D eigenvalue weighted by molar-refractivity contribution is 5.91. The van der Waals surface area contributed by atoms with Crippen molar-refractivity contribution in [1.29, 1.82) is 0 Å². The number of rotatable bonds is 11. The Bertz CT molecular complexity index is 796.